The van der Waals surface area contributed by atoms with Gasteiger partial charge in [-0.3, -0.25) is 19.7 Å². The monoisotopic (exact) mass is 485 g/mol. The van der Waals surface area contributed by atoms with Gasteiger partial charge in [0, 0.05) is 27.2 Å². The average molecular weight is 486 g/mol. The van der Waals surface area contributed by atoms with E-state index in [1.807, 2.05) is 12.2 Å². The van der Waals surface area contributed by atoms with Crippen LogP contribution >= 0.6 is 23.2 Å². The van der Waals surface area contributed by atoms with Crippen LogP contribution in [0.1, 0.15) is 17.5 Å². The molecular formula is C23H17Cl2N3O5. The molecule has 2 aromatic carbocycles. The number of hydrogen-bond acceptors (Lipinski definition) is 6. The van der Waals surface area contributed by atoms with Crippen LogP contribution in [-0.2, 0) is 16.2 Å². The first-order valence-electron chi connectivity index (χ1n) is 10.3. The average Bonchev–Trinajstić information content (AvgIpc) is 3.46. The number of fused-ring (bicyclic) bond motifs is 5. The lowest BCUT2D eigenvalue weighted by molar-refractivity contribution is -0.385. The van der Waals surface area contributed by atoms with Gasteiger partial charge in [-0.25, -0.2) is 0 Å². The SMILES string of the molecule is O=C1C2C3C=CC(C3)C2C(=O)N1N=Cc1ccc(OCc2ccc(Cl)cc2Cl)c([N+](=O)[O-])c1. The van der Waals surface area contributed by atoms with Crippen LogP contribution in [0, 0.1) is 33.8 Å². The zero-order valence-corrected chi connectivity index (χ0v) is 18.6. The van der Waals surface area contributed by atoms with Crippen LogP contribution in [0.25, 0.3) is 0 Å². The summed E-state index contributed by atoms with van der Waals surface area (Å²) in [5.41, 5.74) is 0.709. The van der Waals surface area contributed by atoms with E-state index in [4.69, 9.17) is 27.9 Å². The Balaban J connectivity index is 1.33. The number of hydrogen-bond donors (Lipinski definition) is 0. The van der Waals surface area contributed by atoms with Gasteiger partial charge in [0.05, 0.1) is 23.0 Å². The van der Waals surface area contributed by atoms with Gasteiger partial charge in [0.1, 0.15) is 6.61 Å². The van der Waals surface area contributed by atoms with E-state index in [2.05, 4.69) is 5.10 Å². The van der Waals surface area contributed by atoms with Crippen molar-refractivity contribution in [1.29, 1.82) is 0 Å². The molecule has 4 unspecified atom stereocenters. The van der Waals surface area contributed by atoms with Gasteiger partial charge in [-0.1, -0.05) is 41.4 Å². The quantitative estimate of drug-likeness (QED) is 0.195. The summed E-state index contributed by atoms with van der Waals surface area (Å²) in [6, 6.07) is 9.17. The molecule has 2 aliphatic carbocycles. The Kier molecular flexibility index (Phi) is 5.42. The summed E-state index contributed by atoms with van der Waals surface area (Å²) in [6.07, 6.45) is 6.12. The van der Waals surface area contributed by atoms with E-state index in [0.717, 1.165) is 11.4 Å². The summed E-state index contributed by atoms with van der Waals surface area (Å²) in [5, 5.41) is 17.4. The van der Waals surface area contributed by atoms with Gasteiger partial charge in [-0.05, 0) is 42.5 Å². The van der Waals surface area contributed by atoms with Gasteiger partial charge < -0.3 is 4.74 Å². The van der Waals surface area contributed by atoms with E-state index in [1.54, 1.807) is 24.3 Å². The first kappa shape index (κ1) is 21.6. The third-order valence-electron chi connectivity index (χ3n) is 6.35. The number of nitrogens with zero attached hydrogens (tertiary/aromatic N) is 3. The minimum absolute atomic E-state index is 0.0141. The molecule has 10 heteroatoms. The van der Waals surface area contributed by atoms with Crippen molar-refractivity contribution in [2.75, 3.05) is 0 Å². The number of nitro benzene ring substituents is 1. The molecule has 2 amide bonds. The number of benzene rings is 2. The lowest BCUT2D eigenvalue weighted by atomic mass is 9.85. The largest absolute Gasteiger partial charge is 0.482 e. The highest BCUT2D eigenvalue weighted by atomic mass is 35.5. The Hall–Kier alpha value is -3.23. The Bertz CT molecular complexity index is 1210. The maximum absolute atomic E-state index is 12.7. The second kappa shape index (κ2) is 8.28. The molecule has 1 aliphatic heterocycles. The normalized spacial score (nSPS) is 25.3. The lowest BCUT2D eigenvalue weighted by Gasteiger charge is -2.13. The molecule has 33 heavy (non-hydrogen) atoms. The number of hydrazone groups is 1. The molecule has 168 valence electrons. The number of halogens is 2. The van der Waals surface area contributed by atoms with E-state index in [9.17, 15) is 19.7 Å². The van der Waals surface area contributed by atoms with Gasteiger partial charge in [0.15, 0.2) is 5.75 Å². The van der Waals surface area contributed by atoms with E-state index in [-0.39, 0.29) is 53.5 Å². The number of ether oxygens (including phenoxy) is 1. The first-order valence-corrected chi connectivity index (χ1v) is 11.0. The van der Waals surface area contributed by atoms with E-state index in [1.165, 1.54) is 18.3 Å². The number of allylic oxidation sites excluding steroid dienone is 2. The molecule has 0 N–H and O–H groups in total. The van der Waals surface area contributed by atoms with Crippen LogP contribution < -0.4 is 4.74 Å². The zero-order valence-electron chi connectivity index (χ0n) is 17.1. The van der Waals surface area contributed by atoms with Crippen molar-refractivity contribution in [3.8, 4) is 5.75 Å². The summed E-state index contributed by atoms with van der Waals surface area (Å²) in [6.45, 7) is 0.0141. The maximum Gasteiger partial charge on any atom is 0.311 e. The molecule has 4 atom stereocenters. The summed E-state index contributed by atoms with van der Waals surface area (Å²) in [7, 11) is 0. The predicted molar refractivity (Wildman–Crippen MR) is 121 cm³/mol. The van der Waals surface area contributed by atoms with Crippen molar-refractivity contribution in [3.05, 3.63) is 79.8 Å². The fourth-order valence-corrected chi connectivity index (χ4v) is 5.26. The molecule has 1 heterocycles. The molecule has 2 fully saturated rings. The Labute approximate surface area is 198 Å². The maximum atomic E-state index is 12.7. The number of carbonyl (C=O) groups excluding carboxylic acids is 2. The van der Waals surface area contributed by atoms with Crippen molar-refractivity contribution in [3.63, 3.8) is 0 Å². The van der Waals surface area contributed by atoms with Crippen LogP contribution in [0.4, 0.5) is 5.69 Å². The van der Waals surface area contributed by atoms with Crippen LogP contribution in [0.15, 0.2) is 53.7 Å². The molecule has 1 saturated carbocycles. The standard InChI is InChI=1S/C23H17Cl2N3O5/c24-16-5-4-15(17(25)9-16)11-33-19-6-1-12(7-18(19)28(31)32)10-26-27-22(29)20-13-2-3-14(8-13)21(20)23(27)30/h1-7,9-10,13-14,20-21H,8,11H2. The van der Waals surface area contributed by atoms with Crippen molar-refractivity contribution in [2.45, 2.75) is 13.0 Å². The molecule has 5 rings (SSSR count). The number of amides is 2. The second-order valence-corrected chi connectivity index (χ2v) is 9.09. The molecule has 3 aliphatic rings. The number of imide groups is 1. The van der Waals surface area contributed by atoms with Gasteiger partial charge in [0.2, 0.25) is 0 Å². The summed E-state index contributed by atoms with van der Waals surface area (Å²) in [4.78, 5) is 36.4. The highest BCUT2D eigenvalue weighted by Gasteiger charge is 2.59. The van der Waals surface area contributed by atoms with Crippen molar-refractivity contribution < 1.29 is 19.2 Å². The number of nitro groups is 1. The van der Waals surface area contributed by atoms with E-state index < -0.39 is 4.92 Å². The van der Waals surface area contributed by atoms with Crippen LogP contribution in [-0.4, -0.2) is 28.0 Å². The fourth-order valence-electron chi connectivity index (χ4n) is 4.80. The molecule has 2 bridgehead atoms. The predicted octanol–water partition coefficient (Wildman–Crippen LogP) is 4.62. The Morgan fingerprint density at radius 1 is 1.09 bits per heavy atom. The van der Waals surface area contributed by atoms with Crippen molar-refractivity contribution in [1.82, 2.24) is 5.01 Å². The van der Waals surface area contributed by atoms with Gasteiger partial charge >= 0.3 is 5.69 Å². The van der Waals surface area contributed by atoms with Crippen LogP contribution in [0.2, 0.25) is 10.0 Å². The van der Waals surface area contributed by atoms with E-state index in [0.29, 0.717) is 21.2 Å². The lowest BCUT2D eigenvalue weighted by Crippen LogP contribution is -2.28. The zero-order chi connectivity index (χ0) is 23.3. The number of rotatable bonds is 6. The van der Waals surface area contributed by atoms with E-state index >= 15 is 0 Å². The second-order valence-electron chi connectivity index (χ2n) is 8.24. The summed E-state index contributed by atoms with van der Waals surface area (Å²) >= 11 is 12.0. The first-order chi connectivity index (χ1) is 15.8. The molecule has 0 radical (unpaired) electrons. The van der Waals surface area contributed by atoms with Gasteiger partial charge in [0.25, 0.3) is 11.8 Å². The smallest absolute Gasteiger partial charge is 0.311 e. The minimum atomic E-state index is -0.573. The highest BCUT2D eigenvalue weighted by Crippen LogP contribution is 2.52. The third-order valence-corrected chi connectivity index (χ3v) is 6.93. The van der Waals surface area contributed by atoms with Crippen LogP contribution in [0.3, 0.4) is 0 Å². The molecule has 0 aromatic heterocycles. The summed E-state index contributed by atoms with van der Waals surface area (Å²) in [5.74, 6) is -1.11. The topological polar surface area (TPSA) is 102 Å². The Morgan fingerprint density at radius 2 is 1.79 bits per heavy atom. The van der Waals surface area contributed by atoms with Gasteiger partial charge in [-0.2, -0.15) is 10.1 Å². The van der Waals surface area contributed by atoms with Gasteiger partial charge in [-0.15, -0.1) is 0 Å². The Morgan fingerprint density at radius 3 is 2.42 bits per heavy atom. The number of carbonyl (C=O) groups is 2. The molecule has 1 saturated heterocycles. The summed E-state index contributed by atoms with van der Waals surface area (Å²) < 4.78 is 5.61. The minimum Gasteiger partial charge on any atom is -0.482 e. The van der Waals surface area contributed by atoms with Crippen LogP contribution in [0.5, 0.6) is 5.75 Å². The molecule has 8 nitrogen and oxygen atoms in total. The molecule has 2 aromatic rings. The fraction of sp³-hybridized carbons (Fsp3) is 0.261. The van der Waals surface area contributed by atoms with Crippen molar-refractivity contribution >= 4 is 46.9 Å². The molecular weight excluding hydrogens is 469 g/mol. The highest BCUT2D eigenvalue weighted by molar-refractivity contribution is 6.35. The molecule has 0 spiro atoms. The van der Waals surface area contributed by atoms with Crippen molar-refractivity contribution in [2.24, 2.45) is 28.8 Å². The third kappa shape index (κ3) is 3.79.